The number of nitrogens with zero attached hydrogens (tertiary/aromatic N) is 3. The topological polar surface area (TPSA) is 56.2 Å². The lowest BCUT2D eigenvalue weighted by atomic mass is 9.91. The Morgan fingerprint density at radius 3 is 2.33 bits per heavy atom. The number of ether oxygens (including phenoxy) is 1. The maximum absolute atomic E-state index is 11.5. The lowest BCUT2D eigenvalue weighted by molar-refractivity contribution is 0.0195. The van der Waals surface area contributed by atoms with Crippen LogP contribution in [0.25, 0.3) is 0 Å². The molecule has 0 spiro atoms. The van der Waals surface area contributed by atoms with Gasteiger partial charge in [0, 0.05) is 51.4 Å². The molecule has 222 valence electrons. The number of hydrogen-bond donors (Lipinski definition) is 1. The van der Waals surface area contributed by atoms with Gasteiger partial charge in [-0.15, -0.1) is 0 Å². The van der Waals surface area contributed by atoms with E-state index in [1.165, 1.54) is 27.8 Å². The largest absolute Gasteiger partial charge is 0.497 e. The highest BCUT2D eigenvalue weighted by Gasteiger charge is 2.35. The molecule has 0 saturated carbocycles. The van der Waals surface area contributed by atoms with Gasteiger partial charge in [0.25, 0.3) is 0 Å². The molecule has 4 aromatic rings. The Hall–Kier alpha value is -3.97. The maximum atomic E-state index is 11.5. The van der Waals surface area contributed by atoms with E-state index in [1.54, 1.807) is 19.2 Å². The third-order valence-electron chi connectivity index (χ3n) is 9.05. The quantitative estimate of drug-likeness (QED) is 0.243. The second-order valence-electron chi connectivity index (χ2n) is 12.2. The fourth-order valence-corrected chi connectivity index (χ4v) is 6.84. The molecule has 6 nitrogen and oxygen atoms in total. The highest BCUT2D eigenvalue weighted by Crippen LogP contribution is 2.37. The van der Waals surface area contributed by atoms with Crippen molar-refractivity contribution in [1.29, 1.82) is 0 Å². The summed E-state index contributed by atoms with van der Waals surface area (Å²) in [5.41, 5.74) is 7.97. The van der Waals surface area contributed by atoms with Crippen molar-refractivity contribution < 1.29 is 14.6 Å². The van der Waals surface area contributed by atoms with Crippen molar-refractivity contribution in [2.45, 2.75) is 58.2 Å². The highest BCUT2D eigenvalue weighted by atomic mass is 16.5. The average Bonchev–Trinajstić information content (AvgIpc) is 3.42. The first kappa shape index (κ1) is 29.1. The predicted molar refractivity (Wildman–Crippen MR) is 170 cm³/mol. The third kappa shape index (κ3) is 6.52. The number of carboxylic acid groups (broad SMARTS) is 1. The van der Waals surface area contributed by atoms with Gasteiger partial charge in [0.2, 0.25) is 0 Å². The van der Waals surface area contributed by atoms with Crippen molar-refractivity contribution >= 4 is 5.97 Å². The molecule has 0 aliphatic carbocycles. The van der Waals surface area contributed by atoms with Crippen LogP contribution in [0.1, 0.15) is 63.6 Å². The van der Waals surface area contributed by atoms with Crippen LogP contribution in [0.5, 0.6) is 5.75 Å². The van der Waals surface area contributed by atoms with E-state index in [2.05, 4.69) is 95.3 Å². The molecule has 2 heterocycles. The van der Waals surface area contributed by atoms with Crippen LogP contribution in [0.2, 0.25) is 0 Å². The number of fused-ring (bicyclic) bond motifs is 1. The first-order valence-corrected chi connectivity index (χ1v) is 15.2. The minimum absolute atomic E-state index is 0.109. The summed E-state index contributed by atoms with van der Waals surface area (Å²) >= 11 is 0. The number of benzene rings is 4. The van der Waals surface area contributed by atoms with Crippen molar-refractivity contribution in [2.75, 3.05) is 20.2 Å². The first-order valence-electron chi connectivity index (χ1n) is 15.2. The molecule has 4 aromatic carbocycles. The Balaban J connectivity index is 1.26. The SMILES string of the molecule is COc1cccc(C(c2ccc3c(c2)CN(Cc2cccc(C(=O)O)c2)C3)N2C[C@@H](C)N(Cc3ccccc3)C[C@@H]2C)c1. The maximum Gasteiger partial charge on any atom is 0.335 e. The van der Waals surface area contributed by atoms with Gasteiger partial charge in [-0.1, -0.05) is 72.8 Å². The van der Waals surface area contributed by atoms with Crippen LogP contribution >= 0.6 is 0 Å². The normalized spacial score (nSPS) is 20.1. The molecular formula is C37H41N3O3. The van der Waals surface area contributed by atoms with Crippen LogP contribution in [0.4, 0.5) is 0 Å². The zero-order chi connectivity index (χ0) is 29.9. The molecule has 0 amide bonds. The van der Waals surface area contributed by atoms with Crippen LogP contribution in [0, 0.1) is 0 Å². The summed E-state index contributed by atoms with van der Waals surface area (Å²) < 4.78 is 5.66. The standard InChI is InChI=1S/C37H41N3O3/c1-26-21-40(27(2)20-39(26)23-28-9-5-4-6-10-28)36(30-12-8-14-35(19-30)43-3)31-15-16-33-24-38(25-34(33)18-31)22-29-11-7-13-32(17-29)37(41)42/h4-19,26-27,36H,20-25H2,1-3H3,(H,41,42)/t26-,27+,36?/m1/s1. The molecule has 2 aliphatic heterocycles. The minimum Gasteiger partial charge on any atom is -0.497 e. The summed E-state index contributed by atoms with van der Waals surface area (Å²) in [5.74, 6) is -0.00827. The molecule has 0 radical (unpaired) electrons. The van der Waals surface area contributed by atoms with Crippen molar-refractivity contribution in [1.82, 2.24) is 14.7 Å². The van der Waals surface area contributed by atoms with Gasteiger partial charge in [0.15, 0.2) is 0 Å². The van der Waals surface area contributed by atoms with Gasteiger partial charge in [-0.2, -0.15) is 0 Å². The molecular weight excluding hydrogens is 534 g/mol. The van der Waals surface area contributed by atoms with Gasteiger partial charge in [0.05, 0.1) is 18.7 Å². The third-order valence-corrected chi connectivity index (χ3v) is 9.05. The Bertz CT molecular complexity index is 1570. The molecule has 1 unspecified atom stereocenters. The van der Waals surface area contributed by atoms with E-state index in [-0.39, 0.29) is 6.04 Å². The summed E-state index contributed by atoms with van der Waals surface area (Å²) in [6, 6.07) is 34.5. The van der Waals surface area contributed by atoms with Crippen molar-refractivity contribution in [2.24, 2.45) is 0 Å². The molecule has 6 rings (SSSR count). The van der Waals surface area contributed by atoms with E-state index in [4.69, 9.17) is 4.74 Å². The van der Waals surface area contributed by atoms with E-state index in [9.17, 15) is 9.90 Å². The Morgan fingerprint density at radius 2 is 1.53 bits per heavy atom. The van der Waals surface area contributed by atoms with Gasteiger partial charge in [-0.25, -0.2) is 4.79 Å². The minimum atomic E-state index is -0.885. The highest BCUT2D eigenvalue weighted by molar-refractivity contribution is 5.87. The Labute approximate surface area is 255 Å². The van der Waals surface area contributed by atoms with Crippen molar-refractivity contribution in [3.05, 3.63) is 136 Å². The van der Waals surface area contributed by atoms with Gasteiger partial charge < -0.3 is 9.84 Å². The predicted octanol–water partition coefficient (Wildman–Crippen LogP) is 6.59. The smallest absolute Gasteiger partial charge is 0.335 e. The van der Waals surface area contributed by atoms with Gasteiger partial charge in [-0.3, -0.25) is 14.7 Å². The molecule has 6 heteroatoms. The lowest BCUT2D eigenvalue weighted by Gasteiger charge is -2.48. The molecule has 1 saturated heterocycles. The van der Waals surface area contributed by atoms with Crippen molar-refractivity contribution in [3.8, 4) is 5.75 Å². The van der Waals surface area contributed by atoms with E-state index < -0.39 is 5.97 Å². The van der Waals surface area contributed by atoms with E-state index in [0.717, 1.165) is 50.6 Å². The molecule has 1 fully saturated rings. The monoisotopic (exact) mass is 575 g/mol. The van der Waals surface area contributed by atoms with E-state index in [1.807, 2.05) is 18.2 Å². The molecule has 3 atom stereocenters. The number of carboxylic acids is 1. The van der Waals surface area contributed by atoms with Gasteiger partial charge in [0.1, 0.15) is 5.75 Å². The lowest BCUT2D eigenvalue weighted by Crippen LogP contribution is -2.56. The zero-order valence-corrected chi connectivity index (χ0v) is 25.3. The summed E-state index contributed by atoms with van der Waals surface area (Å²) in [7, 11) is 1.73. The average molecular weight is 576 g/mol. The second-order valence-corrected chi connectivity index (χ2v) is 12.2. The molecule has 0 bridgehead atoms. The molecule has 43 heavy (non-hydrogen) atoms. The van der Waals surface area contributed by atoms with Crippen LogP contribution in [0.15, 0.2) is 97.1 Å². The Kier molecular flexibility index (Phi) is 8.61. The van der Waals surface area contributed by atoms with Crippen LogP contribution in [-0.4, -0.2) is 58.1 Å². The van der Waals surface area contributed by atoms with Crippen LogP contribution < -0.4 is 4.74 Å². The van der Waals surface area contributed by atoms with Crippen molar-refractivity contribution in [3.63, 3.8) is 0 Å². The number of piperazine rings is 1. The summed E-state index contributed by atoms with van der Waals surface area (Å²) in [5, 5.41) is 9.42. The van der Waals surface area contributed by atoms with E-state index in [0.29, 0.717) is 17.6 Å². The van der Waals surface area contributed by atoms with Gasteiger partial charge in [-0.05, 0) is 71.5 Å². The van der Waals surface area contributed by atoms with E-state index >= 15 is 0 Å². The second kappa shape index (κ2) is 12.7. The summed E-state index contributed by atoms with van der Waals surface area (Å²) in [6.45, 7) is 10.1. The number of hydrogen-bond acceptors (Lipinski definition) is 5. The van der Waals surface area contributed by atoms with Gasteiger partial charge >= 0.3 is 5.97 Å². The number of aromatic carboxylic acids is 1. The number of rotatable bonds is 9. The molecule has 2 aliphatic rings. The zero-order valence-electron chi connectivity index (χ0n) is 25.3. The fraction of sp³-hybridized carbons (Fsp3) is 0.324. The molecule has 0 aromatic heterocycles. The Morgan fingerprint density at radius 1 is 0.791 bits per heavy atom. The summed E-state index contributed by atoms with van der Waals surface area (Å²) in [6.07, 6.45) is 0. The summed E-state index contributed by atoms with van der Waals surface area (Å²) in [4.78, 5) is 19.1. The van der Waals surface area contributed by atoms with Crippen LogP contribution in [-0.2, 0) is 26.2 Å². The molecule has 1 N–H and O–H groups in total. The first-order chi connectivity index (χ1) is 20.9. The number of methoxy groups -OCH3 is 1. The van der Waals surface area contributed by atoms with Crippen LogP contribution in [0.3, 0.4) is 0 Å². The fourth-order valence-electron chi connectivity index (χ4n) is 6.84. The number of carbonyl (C=O) groups is 1.